The number of likely N-dealkylation sites (tertiary alicyclic amines) is 1. The molecule has 5 rings (SSSR count). The molecule has 3 aliphatic rings. The summed E-state index contributed by atoms with van der Waals surface area (Å²) in [7, 11) is 0. The van der Waals surface area contributed by atoms with Gasteiger partial charge in [-0.1, -0.05) is 49.1 Å². The number of aromatic nitrogens is 1. The van der Waals surface area contributed by atoms with Crippen LogP contribution in [0, 0.1) is 0 Å². The van der Waals surface area contributed by atoms with Gasteiger partial charge in [-0.05, 0) is 57.1 Å². The second-order valence-corrected chi connectivity index (χ2v) is 11.4. The van der Waals surface area contributed by atoms with Crippen molar-refractivity contribution in [2.75, 3.05) is 19.7 Å². The smallest absolute Gasteiger partial charge is 0.266 e. The van der Waals surface area contributed by atoms with E-state index in [0.29, 0.717) is 22.3 Å². The largest absolute Gasteiger partial charge is 0.376 e. The van der Waals surface area contributed by atoms with Crippen LogP contribution < -0.4 is 0 Å². The van der Waals surface area contributed by atoms with Crippen LogP contribution in [0.5, 0.6) is 0 Å². The number of rotatable bonds is 6. The van der Waals surface area contributed by atoms with Crippen molar-refractivity contribution in [1.29, 1.82) is 0 Å². The van der Waals surface area contributed by atoms with Gasteiger partial charge in [0.2, 0.25) is 5.91 Å². The van der Waals surface area contributed by atoms with Crippen molar-refractivity contribution >= 4 is 57.1 Å². The van der Waals surface area contributed by atoms with Gasteiger partial charge < -0.3 is 14.2 Å². The van der Waals surface area contributed by atoms with E-state index in [4.69, 9.17) is 17.0 Å². The quantitative estimate of drug-likeness (QED) is 0.404. The molecule has 1 aromatic heterocycles. The van der Waals surface area contributed by atoms with Crippen LogP contribution >= 0.6 is 24.0 Å². The van der Waals surface area contributed by atoms with E-state index in [9.17, 15) is 9.59 Å². The Balaban J connectivity index is 1.45. The number of hydrogen-bond donors (Lipinski definition) is 0. The average molecular weight is 512 g/mol. The number of amides is 2. The summed E-state index contributed by atoms with van der Waals surface area (Å²) in [4.78, 5) is 30.8. The molecule has 3 aliphatic heterocycles. The van der Waals surface area contributed by atoms with Gasteiger partial charge in [0.25, 0.3) is 5.91 Å². The maximum atomic E-state index is 13.3. The van der Waals surface area contributed by atoms with Crippen molar-refractivity contribution in [2.24, 2.45) is 0 Å². The van der Waals surface area contributed by atoms with Crippen LogP contribution in [0.25, 0.3) is 17.0 Å². The summed E-state index contributed by atoms with van der Waals surface area (Å²) in [5.74, 6) is 0.107. The highest BCUT2D eigenvalue weighted by Gasteiger charge is 2.35. The van der Waals surface area contributed by atoms with Crippen LogP contribution in [0.4, 0.5) is 0 Å². The number of carbonyl (C=O) groups excluding carboxylic acids is 2. The van der Waals surface area contributed by atoms with Crippen molar-refractivity contribution in [3.05, 3.63) is 40.4 Å². The minimum absolute atomic E-state index is 0.0544. The Labute approximate surface area is 216 Å². The van der Waals surface area contributed by atoms with Crippen molar-refractivity contribution in [3.8, 4) is 0 Å². The first-order valence-corrected chi connectivity index (χ1v) is 14.0. The van der Waals surface area contributed by atoms with E-state index < -0.39 is 0 Å². The Kier molecular flexibility index (Phi) is 7.32. The fourth-order valence-corrected chi connectivity index (χ4v) is 6.75. The molecule has 0 spiro atoms. The zero-order valence-electron chi connectivity index (χ0n) is 20.5. The van der Waals surface area contributed by atoms with Crippen molar-refractivity contribution in [3.63, 3.8) is 0 Å². The molecule has 8 heteroatoms. The number of benzene rings is 1. The number of thiocarbonyl (C=S) groups is 1. The van der Waals surface area contributed by atoms with E-state index >= 15 is 0 Å². The van der Waals surface area contributed by atoms with E-state index in [1.54, 1.807) is 4.90 Å². The van der Waals surface area contributed by atoms with Crippen molar-refractivity contribution in [1.82, 2.24) is 14.4 Å². The summed E-state index contributed by atoms with van der Waals surface area (Å²) < 4.78 is 8.39. The Morgan fingerprint density at radius 1 is 1.26 bits per heavy atom. The summed E-state index contributed by atoms with van der Waals surface area (Å²) in [6.07, 6.45) is 10.2. The average Bonchev–Trinajstić information content (AvgIpc) is 3.55. The summed E-state index contributed by atoms with van der Waals surface area (Å²) in [5, 5.41) is 1.06. The van der Waals surface area contributed by atoms with Gasteiger partial charge in [-0.25, -0.2) is 0 Å². The zero-order valence-corrected chi connectivity index (χ0v) is 22.1. The third-order valence-corrected chi connectivity index (χ3v) is 8.77. The lowest BCUT2D eigenvalue weighted by Gasteiger charge is -2.33. The third kappa shape index (κ3) is 4.93. The predicted molar refractivity (Wildman–Crippen MR) is 145 cm³/mol. The minimum Gasteiger partial charge on any atom is -0.376 e. The van der Waals surface area contributed by atoms with Gasteiger partial charge in [-0.2, -0.15) is 0 Å². The fourth-order valence-electron chi connectivity index (χ4n) is 5.49. The number of piperidine rings is 1. The number of fused-ring (bicyclic) bond motifs is 1. The molecule has 2 atom stereocenters. The maximum absolute atomic E-state index is 13.3. The van der Waals surface area contributed by atoms with Gasteiger partial charge in [0, 0.05) is 36.3 Å². The summed E-state index contributed by atoms with van der Waals surface area (Å²) >= 11 is 6.90. The monoisotopic (exact) mass is 511 g/mol. The molecule has 3 fully saturated rings. The van der Waals surface area contributed by atoms with Crippen LogP contribution in [0.2, 0.25) is 0 Å². The molecular weight excluding hydrogens is 478 g/mol. The van der Waals surface area contributed by atoms with E-state index in [-0.39, 0.29) is 24.0 Å². The Morgan fingerprint density at radius 3 is 2.86 bits per heavy atom. The van der Waals surface area contributed by atoms with E-state index in [1.165, 1.54) is 23.7 Å². The van der Waals surface area contributed by atoms with Gasteiger partial charge in [0.05, 0.1) is 23.1 Å². The summed E-state index contributed by atoms with van der Waals surface area (Å²) in [5.41, 5.74) is 3.23. The predicted octanol–water partition coefficient (Wildman–Crippen LogP) is 4.98. The van der Waals surface area contributed by atoms with Gasteiger partial charge in [0.15, 0.2) is 0 Å². The first-order valence-electron chi connectivity index (χ1n) is 12.7. The molecule has 186 valence electrons. The standard InChI is InChI=1S/C27H33N3O3S2/c1-3-19-9-6-11-22-20(14-23-26(32)30(27(34)35-23)16-21-10-7-13-33-21)15-28(25(19)22)17-24(31)29-12-5-4-8-18(29)2/h6,9,11,14-15,18,21H,3-5,7-8,10,12-13,16-17H2,1-2H3/b23-14-/t18-,21+/m0/s1. The number of para-hydroxylation sites is 1. The Bertz CT molecular complexity index is 1180. The number of aryl methyl sites for hydroxylation is 1. The van der Waals surface area contributed by atoms with Gasteiger partial charge in [-0.3, -0.25) is 14.5 Å². The van der Waals surface area contributed by atoms with E-state index in [2.05, 4.69) is 36.6 Å². The normalized spacial score (nSPS) is 24.3. The fraction of sp³-hybridized carbons (Fsp3) is 0.519. The molecule has 35 heavy (non-hydrogen) atoms. The van der Waals surface area contributed by atoms with Crippen LogP contribution in [0.3, 0.4) is 0 Å². The SMILES string of the molecule is CCc1cccc2c(/C=C3\SC(=S)N(C[C@H]4CCCO4)C3=O)cn(CC(=O)N3CCCC[C@@H]3C)c12. The van der Waals surface area contributed by atoms with Crippen LogP contribution in [-0.4, -0.2) is 62.3 Å². The molecule has 3 saturated heterocycles. The highest BCUT2D eigenvalue weighted by atomic mass is 32.2. The van der Waals surface area contributed by atoms with E-state index in [1.807, 2.05) is 17.2 Å². The third-order valence-electron chi connectivity index (χ3n) is 7.39. The Morgan fingerprint density at radius 2 is 2.11 bits per heavy atom. The number of carbonyl (C=O) groups is 2. The molecule has 0 unspecified atom stereocenters. The second kappa shape index (κ2) is 10.4. The summed E-state index contributed by atoms with van der Waals surface area (Å²) in [6.45, 7) is 6.70. The molecule has 0 bridgehead atoms. The van der Waals surface area contributed by atoms with Crippen molar-refractivity contribution in [2.45, 2.75) is 71.1 Å². The number of hydrogen-bond acceptors (Lipinski definition) is 5. The topological polar surface area (TPSA) is 54.8 Å². The Hall–Kier alpha value is -2.16. The molecule has 0 aliphatic carbocycles. The molecule has 0 saturated carbocycles. The lowest BCUT2D eigenvalue weighted by atomic mass is 10.0. The first kappa shape index (κ1) is 24.5. The molecule has 0 N–H and O–H groups in total. The molecule has 2 amide bonds. The van der Waals surface area contributed by atoms with Gasteiger partial charge in [-0.15, -0.1) is 0 Å². The lowest BCUT2D eigenvalue weighted by Crippen LogP contribution is -2.43. The number of nitrogens with zero attached hydrogens (tertiary/aromatic N) is 3. The molecule has 2 aromatic rings. The molecule has 6 nitrogen and oxygen atoms in total. The maximum Gasteiger partial charge on any atom is 0.266 e. The molecular formula is C27H33N3O3S2. The highest BCUT2D eigenvalue weighted by molar-refractivity contribution is 8.26. The van der Waals surface area contributed by atoms with Crippen LogP contribution in [0.15, 0.2) is 29.3 Å². The molecule has 4 heterocycles. The van der Waals surface area contributed by atoms with Gasteiger partial charge >= 0.3 is 0 Å². The van der Waals surface area contributed by atoms with Gasteiger partial charge in [0.1, 0.15) is 10.9 Å². The van der Waals surface area contributed by atoms with Crippen LogP contribution in [0.1, 0.15) is 57.1 Å². The lowest BCUT2D eigenvalue weighted by molar-refractivity contribution is -0.135. The van der Waals surface area contributed by atoms with E-state index in [0.717, 1.165) is 61.7 Å². The highest BCUT2D eigenvalue weighted by Crippen LogP contribution is 2.36. The second-order valence-electron chi connectivity index (χ2n) is 9.74. The first-order chi connectivity index (χ1) is 17.0. The van der Waals surface area contributed by atoms with Crippen molar-refractivity contribution < 1.29 is 14.3 Å². The molecule has 1 aromatic carbocycles. The van der Waals surface area contributed by atoms with Crippen LogP contribution in [-0.2, 0) is 27.3 Å². The summed E-state index contributed by atoms with van der Waals surface area (Å²) in [6, 6.07) is 6.55. The molecule has 0 radical (unpaired) electrons. The zero-order chi connectivity index (χ0) is 24.5. The minimum atomic E-state index is -0.0544. The number of thioether (sulfide) groups is 1. The number of ether oxygens (including phenoxy) is 1.